The summed E-state index contributed by atoms with van der Waals surface area (Å²) in [5.74, 6) is 7.55. The highest BCUT2D eigenvalue weighted by Gasteiger charge is 2.24. The van der Waals surface area contributed by atoms with Crippen molar-refractivity contribution in [1.29, 1.82) is 0 Å². The first-order valence-electron chi connectivity index (χ1n) is 4.12. The van der Waals surface area contributed by atoms with Gasteiger partial charge in [-0.25, -0.2) is 0 Å². The van der Waals surface area contributed by atoms with Crippen molar-refractivity contribution in [1.82, 2.24) is 0 Å². The van der Waals surface area contributed by atoms with Crippen molar-refractivity contribution in [2.24, 2.45) is 0 Å². The standard InChI is InChI=1S/C8H20N2/c1-5-7-8(3,6-2)10(4)9/h9-10H,5-7H2,1-4H3. The van der Waals surface area contributed by atoms with Crippen LogP contribution in [-0.4, -0.2) is 12.6 Å². The smallest absolute Gasteiger partial charge is 0.0854 e. The van der Waals surface area contributed by atoms with Crippen molar-refractivity contribution in [3.05, 3.63) is 5.84 Å². The second-order valence-electron chi connectivity index (χ2n) is 3.29. The van der Waals surface area contributed by atoms with Crippen molar-refractivity contribution in [3.63, 3.8) is 0 Å². The van der Waals surface area contributed by atoms with E-state index in [0.717, 1.165) is 17.9 Å². The van der Waals surface area contributed by atoms with E-state index < -0.39 is 0 Å². The van der Waals surface area contributed by atoms with Crippen molar-refractivity contribution < 1.29 is 5.01 Å². The van der Waals surface area contributed by atoms with Crippen LogP contribution in [0.4, 0.5) is 0 Å². The van der Waals surface area contributed by atoms with Crippen molar-refractivity contribution >= 4 is 0 Å². The van der Waals surface area contributed by atoms with Gasteiger partial charge in [-0.15, -0.1) is 0 Å². The summed E-state index contributed by atoms with van der Waals surface area (Å²) < 4.78 is 0. The number of rotatable bonds is 4. The molecular weight excluding hydrogens is 124 g/mol. The van der Waals surface area contributed by atoms with E-state index in [4.69, 9.17) is 5.84 Å². The van der Waals surface area contributed by atoms with Gasteiger partial charge in [0.1, 0.15) is 0 Å². The van der Waals surface area contributed by atoms with Gasteiger partial charge in [-0.3, -0.25) is 0 Å². The maximum Gasteiger partial charge on any atom is 0.0854 e. The average molecular weight is 144 g/mol. The third-order valence-corrected chi connectivity index (χ3v) is 2.49. The van der Waals surface area contributed by atoms with Crippen LogP contribution in [0, 0.1) is 0 Å². The number of nitrogens with one attached hydrogen (secondary N) is 2. The Morgan fingerprint density at radius 3 is 2.00 bits per heavy atom. The number of quaternary nitrogens is 1. The summed E-state index contributed by atoms with van der Waals surface area (Å²) >= 11 is 0. The first kappa shape index (κ1) is 9.92. The fourth-order valence-corrected chi connectivity index (χ4v) is 1.18. The second kappa shape index (κ2) is 3.94. The zero-order valence-corrected chi connectivity index (χ0v) is 7.62. The normalized spacial score (nSPS) is 20.1. The molecule has 2 N–H and O–H groups in total. The van der Waals surface area contributed by atoms with Gasteiger partial charge in [0.2, 0.25) is 0 Å². The molecule has 0 aromatic rings. The number of hydrogen-bond donors (Lipinski definition) is 1. The molecule has 2 unspecified atom stereocenters. The van der Waals surface area contributed by atoms with Crippen LogP contribution in [-0.2, 0) is 0 Å². The molecule has 10 heavy (non-hydrogen) atoms. The zero-order valence-electron chi connectivity index (χ0n) is 7.62. The molecule has 2 nitrogen and oxygen atoms in total. The van der Waals surface area contributed by atoms with E-state index in [1.165, 1.54) is 6.42 Å². The molecular formula is C8H20N2. The van der Waals surface area contributed by atoms with E-state index in [2.05, 4.69) is 20.8 Å². The summed E-state index contributed by atoms with van der Waals surface area (Å²) in [4.78, 5) is 0. The first-order valence-corrected chi connectivity index (χ1v) is 4.12. The summed E-state index contributed by atoms with van der Waals surface area (Å²) in [6.07, 6.45) is 3.43. The first-order chi connectivity index (χ1) is 4.56. The van der Waals surface area contributed by atoms with Gasteiger partial charge < -0.3 is 10.9 Å². The minimum Gasteiger partial charge on any atom is -0.469 e. The van der Waals surface area contributed by atoms with Gasteiger partial charge in [0.25, 0.3) is 0 Å². The molecule has 0 heterocycles. The quantitative estimate of drug-likeness (QED) is 0.578. The monoisotopic (exact) mass is 144 g/mol. The molecule has 0 aromatic heterocycles. The van der Waals surface area contributed by atoms with Crippen LogP contribution in [0.2, 0.25) is 0 Å². The van der Waals surface area contributed by atoms with Crippen LogP contribution in [0.25, 0.3) is 5.84 Å². The fourth-order valence-electron chi connectivity index (χ4n) is 1.18. The molecule has 0 saturated heterocycles. The summed E-state index contributed by atoms with van der Waals surface area (Å²) in [6, 6.07) is 0. The fraction of sp³-hybridized carbons (Fsp3) is 1.00. The second-order valence-corrected chi connectivity index (χ2v) is 3.29. The van der Waals surface area contributed by atoms with E-state index in [0.29, 0.717) is 0 Å². The topological polar surface area (TPSA) is 28.2 Å². The van der Waals surface area contributed by atoms with Crippen molar-refractivity contribution in [2.45, 2.75) is 45.6 Å². The molecule has 0 spiro atoms. The zero-order chi connectivity index (χ0) is 8.20. The summed E-state index contributed by atoms with van der Waals surface area (Å²) in [5.41, 5.74) is 0.175. The molecule has 2 heteroatoms. The molecule has 0 aliphatic rings. The van der Waals surface area contributed by atoms with Gasteiger partial charge in [-0.05, 0) is 13.3 Å². The highest BCUT2D eigenvalue weighted by atomic mass is 15.4. The lowest BCUT2D eigenvalue weighted by Crippen LogP contribution is -3.11. The Bertz CT molecular complexity index is 91.3. The number of hydrogen-bond acceptors (Lipinski definition) is 0. The minimum atomic E-state index is 0.175. The lowest BCUT2D eigenvalue weighted by Gasteiger charge is -2.37. The van der Waals surface area contributed by atoms with Gasteiger partial charge >= 0.3 is 0 Å². The van der Waals surface area contributed by atoms with Crippen LogP contribution in [0.5, 0.6) is 0 Å². The average Bonchev–Trinajstić information content (AvgIpc) is 1.88. The van der Waals surface area contributed by atoms with Gasteiger partial charge in [0.15, 0.2) is 0 Å². The van der Waals surface area contributed by atoms with Gasteiger partial charge in [0.05, 0.1) is 12.6 Å². The Morgan fingerprint density at radius 2 is 1.90 bits per heavy atom. The van der Waals surface area contributed by atoms with E-state index >= 15 is 0 Å². The van der Waals surface area contributed by atoms with Crippen LogP contribution >= 0.6 is 0 Å². The highest BCUT2D eigenvalue weighted by Crippen LogP contribution is 2.11. The summed E-state index contributed by atoms with van der Waals surface area (Å²) in [7, 11) is 1.92. The van der Waals surface area contributed by atoms with Crippen LogP contribution in [0.1, 0.15) is 40.0 Å². The lowest BCUT2D eigenvalue weighted by atomic mass is 9.93. The van der Waals surface area contributed by atoms with Gasteiger partial charge in [0, 0.05) is 6.42 Å². The van der Waals surface area contributed by atoms with E-state index in [1.54, 1.807) is 0 Å². The van der Waals surface area contributed by atoms with E-state index in [1.807, 2.05) is 7.05 Å². The molecule has 0 aliphatic heterocycles. The lowest BCUT2D eigenvalue weighted by molar-refractivity contribution is -0.884. The Balaban J connectivity index is 3.94. The van der Waals surface area contributed by atoms with E-state index in [-0.39, 0.29) is 5.54 Å². The van der Waals surface area contributed by atoms with Crippen LogP contribution in [0.15, 0.2) is 0 Å². The molecule has 62 valence electrons. The summed E-state index contributed by atoms with van der Waals surface area (Å²) in [5, 5.41) is 0.830. The van der Waals surface area contributed by atoms with Gasteiger partial charge in [-0.2, -0.15) is 0 Å². The largest absolute Gasteiger partial charge is 0.469 e. The Labute approximate surface area is 64.4 Å². The van der Waals surface area contributed by atoms with Crippen LogP contribution in [0.3, 0.4) is 0 Å². The predicted molar refractivity (Wildman–Crippen MR) is 44.8 cm³/mol. The Morgan fingerprint density at radius 1 is 1.40 bits per heavy atom. The third kappa shape index (κ3) is 2.27. The van der Waals surface area contributed by atoms with Crippen molar-refractivity contribution in [3.8, 4) is 0 Å². The Kier molecular flexibility index (Phi) is 3.91. The third-order valence-electron chi connectivity index (χ3n) is 2.49. The molecule has 0 bridgehead atoms. The minimum absolute atomic E-state index is 0.175. The van der Waals surface area contributed by atoms with Crippen LogP contribution < -0.4 is 5.01 Å². The molecule has 0 amide bonds. The predicted octanol–water partition coefficient (Wildman–Crippen LogP) is 1.44. The SMILES string of the molecule is CCCC(C)(CC)[NH+](C)[NH-]. The molecule has 0 radical (unpaired) electrons. The molecule has 0 fully saturated rings. The summed E-state index contributed by atoms with van der Waals surface area (Å²) in [6.45, 7) is 6.52. The maximum atomic E-state index is 7.55. The van der Waals surface area contributed by atoms with Crippen molar-refractivity contribution in [2.75, 3.05) is 7.05 Å². The Hall–Kier alpha value is -0.0800. The molecule has 0 aromatic carbocycles. The molecule has 0 saturated carbocycles. The van der Waals surface area contributed by atoms with E-state index in [9.17, 15) is 0 Å². The maximum absolute atomic E-state index is 7.55. The van der Waals surface area contributed by atoms with Gasteiger partial charge in [-0.1, -0.05) is 20.3 Å². The highest BCUT2D eigenvalue weighted by molar-refractivity contribution is 4.69. The molecule has 0 rings (SSSR count). The molecule has 2 atom stereocenters. The molecule has 0 aliphatic carbocycles.